The molecule has 4 rings (SSSR count). The lowest BCUT2D eigenvalue weighted by Crippen LogP contribution is -2.38. The molecule has 6 heteroatoms. The predicted octanol–water partition coefficient (Wildman–Crippen LogP) is 3.74. The molecule has 2 aromatic carbocycles. The molecular weight excluding hydrogens is 372 g/mol. The Bertz CT molecular complexity index is 988. The third-order valence-electron chi connectivity index (χ3n) is 6.25. The van der Waals surface area contributed by atoms with Crippen LogP contribution in [-0.4, -0.2) is 27.4 Å². The van der Waals surface area contributed by atoms with Gasteiger partial charge in [-0.25, -0.2) is 8.42 Å². The average molecular weight is 399 g/mol. The van der Waals surface area contributed by atoms with Crippen molar-refractivity contribution in [1.82, 2.24) is 5.32 Å². The molecule has 148 valence electrons. The van der Waals surface area contributed by atoms with Gasteiger partial charge in [0.1, 0.15) is 0 Å². The summed E-state index contributed by atoms with van der Waals surface area (Å²) in [6.45, 7) is 1.83. The van der Waals surface area contributed by atoms with Gasteiger partial charge < -0.3 is 5.32 Å². The summed E-state index contributed by atoms with van der Waals surface area (Å²) < 4.78 is 27.0. The van der Waals surface area contributed by atoms with Crippen LogP contribution in [0.5, 0.6) is 0 Å². The number of hydrogen-bond donors (Lipinski definition) is 1. The number of sulfonamides is 1. The first-order valence-electron chi connectivity index (χ1n) is 9.82. The third-order valence-corrected chi connectivity index (χ3v) is 8.04. The van der Waals surface area contributed by atoms with Crippen LogP contribution in [0.3, 0.4) is 0 Å². The number of nitrogens with zero attached hydrogens (tertiary/aromatic N) is 1. The minimum absolute atomic E-state index is 0.0687. The molecule has 0 saturated heterocycles. The van der Waals surface area contributed by atoms with Crippen LogP contribution in [0.25, 0.3) is 0 Å². The van der Waals surface area contributed by atoms with Gasteiger partial charge in [-0.05, 0) is 73.9 Å². The zero-order chi connectivity index (χ0) is 19.9. The lowest BCUT2D eigenvalue weighted by Gasteiger charge is -2.24. The zero-order valence-corrected chi connectivity index (χ0v) is 17.1. The third kappa shape index (κ3) is 3.41. The van der Waals surface area contributed by atoms with E-state index < -0.39 is 10.0 Å². The monoisotopic (exact) mass is 398 g/mol. The van der Waals surface area contributed by atoms with E-state index in [1.165, 1.54) is 23.6 Å². The number of anilines is 1. The number of benzene rings is 2. The molecule has 0 spiro atoms. The summed E-state index contributed by atoms with van der Waals surface area (Å²) in [7, 11) is -2.10. The lowest BCUT2D eigenvalue weighted by molar-refractivity contribution is 0.0923. The first-order chi connectivity index (χ1) is 13.4. The van der Waals surface area contributed by atoms with Gasteiger partial charge in [0, 0.05) is 18.7 Å². The lowest BCUT2D eigenvalue weighted by atomic mass is 9.95. The van der Waals surface area contributed by atoms with Crippen LogP contribution in [0.1, 0.15) is 41.6 Å². The summed E-state index contributed by atoms with van der Waals surface area (Å²) in [5.41, 5.74) is 1.90. The van der Waals surface area contributed by atoms with Crippen molar-refractivity contribution in [3.63, 3.8) is 0 Å². The second kappa shape index (κ2) is 7.24. The second-order valence-electron chi connectivity index (χ2n) is 8.04. The van der Waals surface area contributed by atoms with Gasteiger partial charge in [-0.15, -0.1) is 0 Å². The van der Waals surface area contributed by atoms with Gasteiger partial charge in [0.05, 0.1) is 10.6 Å². The Morgan fingerprint density at radius 3 is 2.43 bits per heavy atom. The van der Waals surface area contributed by atoms with Gasteiger partial charge in [0.15, 0.2) is 0 Å². The molecule has 0 unspecified atom stereocenters. The van der Waals surface area contributed by atoms with Gasteiger partial charge in [-0.1, -0.05) is 24.6 Å². The number of fused-ring (bicyclic) bond motifs is 2. The smallest absolute Gasteiger partial charge is 0.264 e. The molecule has 2 fully saturated rings. The molecule has 2 bridgehead atoms. The molecule has 0 aliphatic heterocycles. The molecule has 2 aliphatic rings. The molecule has 2 aromatic rings. The van der Waals surface area contributed by atoms with Gasteiger partial charge in [0.25, 0.3) is 15.9 Å². The van der Waals surface area contributed by atoms with Crippen molar-refractivity contribution in [3.05, 3.63) is 59.7 Å². The van der Waals surface area contributed by atoms with Crippen LogP contribution in [-0.2, 0) is 10.0 Å². The van der Waals surface area contributed by atoms with E-state index in [9.17, 15) is 13.2 Å². The van der Waals surface area contributed by atoms with Gasteiger partial charge >= 0.3 is 0 Å². The van der Waals surface area contributed by atoms with E-state index in [4.69, 9.17) is 0 Å². The van der Waals surface area contributed by atoms with E-state index in [1.807, 2.05) is 6.92 Å². The SMILES string of the molecule is Cc1cc(C(=O)N[C@H]2C[C@@H]3CC[C@@H]2C3)ccc1N(C)S(=O)(=O)c1ccccc1. The molecule has 0 aromatic heterocycles. The maximum Gasteiger partial charge on any atom is 0.264 e. The Kier molecular flexibility index (Phi) is 4.91. The standard InChI is InChI=1S/C22H26N2O3S/c1-15-12-18(22(25)23-20-14-16-8-9-17(20)13-16)10-11-21(15)24(2)28(26,27)19-6-4-3-5-7-19/h3-7,10-12,16-17,20H,8-9,13-14H2,1-2H3,(H,23,25)/t16-,17-,20+/m1/s1. The number of hydrogen-bond acceptors (Lipinski definition) is 3. The van der Waals surface area contributed by atoms with Crippen molar-refractivity contribution < 1.29 is 13.2 Å². The van der Waals surface area contributed by atoms with Gasteiger partial charge in [0.2, 0.25) is 0 Å². The van der Waals surface area contributed by atoms with Crippen molar-refractivity contribution in [2.75, 3.05) is 11.4 Å². The van der Waals surface area contributed by atoms with Crippen LogP contribution >= 0.6 is 0 Å². The van der Waals surface area contributed by atoms with Crippen LogP contribution in [0, 0.1) is 18.8 Å². The summed E-state index contributed by atoms with van der Waals surface area (Å²) in [5, 5.41) is 3.19. The molecule has 0 heterocycles. The molecule has 3 atom stereocenters. The molecule has 5 nitrogen and oxygen atoms in total. The molecule has 1 N–H and O–H groups in total. The van der Waals surface area contributed by atoms with Gasteiger partial charge in [-0.2, -0.15) is 0 Å². The van der Waals surface area contributed by atoms with E-state index in [0.717, 1.165) is 17.9 Å². The fraction of sp³-hybridized carbons (Fsp3) is 0.409. The zero-order valence-electron chi connectivity index (χ0n) is 16.3. The Hall–Kier alpha value is -2.34. The van der Waals surface area contributed by atoms with E-state index in [2.05, 4.69) is 5.32 Å². The second-order valence-corrected chi connectivity index (χ2v) is 10.0. The fourth-order valence-corrected chi connectivity index (χ4v) is 5.98. The average Bonchev–Trinajstić information content (AvgIpc) is 3.31. The summed E-state index contributed by atoms with van der Waals surface area (Å²) in [6.07, 6.45) is 4.85. The Labute approximate surface area is 166 Å². The predicted molar refractivity (Wildman–Crippen MR) is 110 cm³/mol. The van der Waals surface area contributed by atoms with E-state index in [-0.39, 0.29) is 16.8 Å². The number of nitrogens with one attached hydrogen (secondary N) is 1. The Morgan fingerprint density at radius 2 is 1.82 bits per heavy atom. The fourth-order valence-electron chi connectivity index (χ4n) is 4.70. The quantitative estimate of drug-likeness (QED) is 0.834. The summed E-state index contributed by atoms with van der Waals surface area (Å²) in [5.74, 6) is 1.33. The molecular formula is C22H26N2O3S. The minimum Gasteiger partial charge on any atom is -0.349 e. The van der Waals surface area contributed by atoms with E-state index >= 15 is 0 Å². The Balaban J connectivity index is 1.52. The van der Waals surface area contributed by atoms with Crippen molar-refractivity contribution in [3.8, 4) is 0 Å². The summed E-state index contributed by atoms with van der Waals surface area (Å²) in [4.78, 5) is 12.9. The molecule has 28 heavy (non-hydrogen) atoms. The first-order valence-corrected chi connectivity index (χ1v) is 11.3. The van der Waals surface area contributed by atoms with Crippen LogP contribution in [0.4, 0.5) is 5.69 Å². The highest BCUT2D eigenvalue weighted by molar-refractivity contribution is 7.92. The summed E-state index contributed by atoms with van der Waals surface area (Å²) in [6, 6.07) is 13.8. The topological polar surface area (TPSA) is 66.5 Å². The highest BCUT2D eigenvalue weighted by Gasteiger charge is 2.40. The van der Waals surface area contributed by atoms with E-state index in [1.54, 1.807) is 55.6 Å². The number of aryl methyl sites for hydroxylation is 1. The molecule has 1 amide bonds. The number of carbonyl (C=O) groups is 1. The number of amides is 1. The maximum atomic E-state index is 12.9. The highest BCUT2D eigenvalue weighted by atomic mass is 32.2. The molecule has 0 radical (unpaired) electrons. The van der Waals surface area contributed by atoms with Gasteiger partial charge in [-0.3, -0.25) is 9.10 Å². The van der Waals surface area contributed by atoms with E-state index in [0.29, 0.717) is 17.2 Å². The normalized spacial score (nSPS) is 23.6. The molecule has 2 saturated carbocycles. The summed E-state index contributed by atoms with van der Waals surface area (Å²) >= 11 is 0. The highest BCUT2D eigenvalue weighted by Crippen LogP contribution is 2.44. The largest absolute Gasteiger partial charge is 0.349 e. The van der Waals surface area contributed by atoms with Crippen molar-refractivity contribution >= 4 is 21.6 Å². The first kappa shape index (κ1) is 19.0. The minimum atomic E-state index is -3.64. The van der Waals surface area contributed by atoms with Crippen LogP contribution < -0.4 is 9.62 Å². The number of rotatable bonds is 5. The van der Waals surface area contributed by atoms with Crippen molar-refractivity contribution in [1.29, 1.82) is 0 Å². The maximum absolute atomic E-state index is 12.9. The molecule has 2 aliphatic carbocycles. The van der Waals surface area contributed by atoms with Crippen molar-refractivity contribution in [2.45, 2.75) is 43.5 Å². The Morgan fingerprint density at radius 1 is 1.07 bits per heavy atom. The number of carbonyl (C=O) groups excluding carboxylic acids is 1. The van der Waals surface area contributed by atoms with Crippen molar-refractivity contribution in [2.24, 2.45) is 11.8 Å². The van der Waals surface area contributed by atoms with Crippen LogP contribution in [0.2, 0.25) is 0 Å². The van der Waals surface area contributed by atoms with Crippen LogP contribution in [0.15, 0.2) is 53.4 Å².